The number of hydrogen-bond acceptors (Lipinski definition) is 8. The molecule has 2 heterocycles. The van der Waals surface area contributed by atoms with E-state index in [9.17, 15) is 18.5 Å². The Bertz CT molecular complexity index is 1930. The lowest BCUT2D eigenvalue weighted by Gasteiger charge is -2.17. The van der Waals surface area contributed by atoms with Crippen molar-refractivity contribution >= 4 is 39.3 Å². The second kappa shape index (κ2) is 13.5. The van der Waals surface area contributed by atoms with Crippen LogP contribution in [-0.4, -0.2) is 34.5 Å². The second-order valence-electron chi connectivity index (χ2n) is 9.73. The third-order valence-electron chi connectivity index (χ3n) is 6.62. The first kappa shape index (κ1) is 30.4. The lowest BCUT2D eigenvalue weighted by atomic mass is 9.99. The van der Waals surface area contributed by atoms with Crippen molar-refractivity contribution < 1.29 is 13.2 Å². The molecule has 0 aliphatic heterocycles. The second-order valence-corrected chi connectivity index (χ2v) is 12.6. The highest BCUT2D eigenvalue weighted by molar-refractivity contribution is 8.00. The Morgan fingerprint density at radius 1 is 0.932 bits per heavy atom. The maximum Gasteiger partial charge on any atom is 0.264 e. The zero-order chi connectivity index (χ0) is 31.1. The maximum atomic E-state index is 13.4. The summed E-state index contributed by atoms with van der Waals surface area (Å²) in [5.41, 5.74) is 4.65. The molecule has 0 aliphatic rings. The molecule has 0 saturated carbocycles. The first-order valence-corrected chi connectivity index (χ1v) is 16.1. The van der Waals surface area contributed by atoms with E-state index in [2.05, 4.69) is 26.1 Å². The van der Waals surface area contributed by atoms with Gasteiger partial charge >= 0.3 is 0 Å². The average molecular weight is 621 g/mol. The van der Waals surface area contributed by atoms with E-state index in [0.29, 0.717) is 34.1 Å². The van der Waals surface area contributed by atoms with Crippen LogP contribution in [-0.2, 0) is 14.8 Å². The Kier molecular flexibility index (Phi) is 9.33. The van der Waals surface area contributed by atoms with Gasteiger partial charge in [-0.2, -0.15) is 5.26 Å². The number of hydrogen-bond donors (Lipinski definition) is 2. The molecular formula is C33H28N6O3S2. The summed E-state index contributed by atoms with van der Waals surface area (Å²) in [7, 11) is -3.93. The molecule has 2 N–H and O–H groups in total. The fourth-order valence-electron chi connectivity index (χ4n) is 4.39. The van der Waals surface area contributed by atoms with E-state index < -0.39 is 15.3 Å². The predicted octanol–water partition coefficient (Wildman–Crippen LogP) is 6.70. The van der Waals surface area contributed by atoms with Crippen LogP contribution < -0.4 is 10.0 Å². The van der Waals surface area contributed by atoms with Gasteiger partial charge in [-0.15, -0.1) is 0 Å². The van der Waals surface area contributed by atoms with Crippen LogP contribution in [0.3, 0.4) is 0 Å². The van der Waals surface area contributed by atoms with Crippen molar-refractivity contribution in [1.29, 1.82) is 5.26 Å². The average Bonchev–Trinajstić information content (AvgIpc) is 3.04. The molecule has 0 spiro atoms. The normalized spacial score (nSPS) is 11.8. The number of nitriles is 1. The van der Waals surface area contributed by atoms with Crippen LogP contribution in [0, 0.1) is 18.3 Å². The lowest BCUT2D eigenvalue weighted by molar-refractivity contribution is -0.115. The number of anilines is 2. The lowest BCUT2D eigenvalue weighted by Crippen LogP contribution is -2.25. The van der Waals surface area contributed by atoms with Crippen molar-refractivity contribution in [3.8, 4) is 28.5 Å². The van der Waals surface area contributed by atoms with Crippen LogP contribution in [0.1, 0.15) is 24.6 Å². The number of nitrogens with zero attached hydrogens (tertiary/aromatic N) is 4. The van der Waals surface area contributed by atoms with Crippen molar-refractivity contribution in [2.45, 2.75) is 35.4 Å². The number of thioether (sulfide) groups is 1. The van der Waals surface area contributed by atoms with Crippen LogP contribution in [0.15, 0.2) is 113 Å². The number of carbonyl (C=O) groups is 1. The SMILES string of the molecule is CCC(Sc1nc(-c2ccccc2)cc(-c2ccccc2)c1C#N)C(=O)Nc1ccc(S(=O)(=O)Nc2nccc(C)n2)cc1. The van der Waals surface area contributed by atoms with Gasteiger partial charge in [0.2, 0.25) is 11.9 Å². The van der Waals surface area contributed by atoms with E-state index in [4.69, 9.17) is 4.98 Å². The van der Waals surface area contributed by atoms with E-state index in [1.54, 1.807) is 13.0 Å². The van der Waals surface area contributed by atoms with E-state index in [0.717, 1.165) is 16.7 Å². The quantitative estimate of drug-likeness (QED) is 0.165. The van der Waals surface area contributed by atoms with Crippen LogP contribution in [0.2, 0.25) is 0 Å². The Labute approximate surface area is 260 Å². The van der Waals surface area contributed by atoms with Gasteiger partial charge in [0.1, 0.15) is 11.1 Å². The number of aryl methyl sites for hydroxylation is 1. The molecule has 1 amide bonds. The standard InChI is InChI=1S/C33H28N6O3S2/c1-3-30(31(40)37-25-14-16-26(17-15-25)44(41,42)39-33-35-19-18-22(2)36-33)43-32-28(21-34)27(23-10-6-4-7-11-23)20-29(38-32)24-12-8-5-9-13-24/h4-20,30H,3H2,1-2H3,(H,37,40)(H,35,36,39). The largest absolute Gasteiger partial charge is 0.325 e. The summed E-state index contributed by atoms with van der Waals surface area (Å²) in [4.78, 5) is 26.3. The number of carbonyl (C=O) groups excluding carboxylic acids is 1. The smallest absolute Gasteiger partial charge is 0.264 e. The van der Waals surface area contributed by atoms with Gasteiger partial charge in [-0.1, -0.05) is 79.3 Å². The number of benzene rings is 3. The molecule has 1 atom stereocenters. The van der Waals surface area contributed by atoms with E-state index >= 15 is 0 Å². The summed E-state index contributed by atoms with van der Waals surface area (Å²) in [5, 5.41) is 13.0. The molecule has 11 heteroatoms. The predicted molar refractivity (Wildman–Crippen MR) is 172 cm³/mol. The first-order chi connectivity index (χ1) is 21.3. The maximum absolute atomic E-state index is 13.4. The van der Waals surface area contributed by atoms with Crippen LogP contribution in [0.4, 0.5) is 11.6 Å². The van der Waals surface area contributed by atoms with Crippen molar-refractivity contribution in [3.05, 3.63) is 115 Å². The van der Waals surface area contributed by atoms with Gasteiger partial charge in [0.25, 0.3) is 10.0 Å². The Morgan fingerprint density at radius 3 is 2.20 bits per heavy atom. The molecule has 9 nitrogen and oxygen atoms in total. The summed E-state index contributed by atoms with van der Waals surface area (Å²) in [5.74, 6) is -0.321. The van der Waals surface area contributed by atoms with Crippen molar-refractivity contribution in [2.24, 2.45) is 0 Å². The molecule has 0 aliphatic carbocycles. The van der Waals surface area contributed by atoms with Gasteiger partial charge in [-0.25, -0.2) is 28.1 Å². The minimum Gasteiger partial charge on any atom is -0.325 e. The van der Waals surface area contributed by atoms with E-state index in [1.165, 1.54) is 42.2 Å². The van der Waals surface area contributed by atoms with E-state index in [1.807, 2.05) is 73.7 Å². The fourth-order valence-corrected chi connectivity index (χ4v) is 6.37. The van der Waals surface area contributed by atoms with Gasteiger partial charge in [-0.3, -0.25) is 4.79 Å². The molecule has 0 saturated heterocycles. The topological polar surface area (TPSA) is 138 Å². The van der Waals surface area contributed by atoms with Crippen molar-refractivity contribution in [2.75, 3.05) is 10.0 Å². The van der Waals surface area contributed by atoms with Crippen LogP contribution >= 0.6 is 11.8 Å². The van der Waals surface area contributed by atoms with Crippen molar-refractivity contribution in [1.82, 2.24) is 15.0 Å². The number of amides is 1. The molecule has 5 rings (SSSR count). The highest BCUT2D eigenvalue weighted by Crippen LogP contribution is 2.36. The summed E-state index contributed by atoms with van der Waals surface area (Å²) in [6, 6.07) is 31.0. The number of rotatable bonds is 10. The Balaban J connectivity index is 1.38. The summed E-state index contributed by atoms with van der Waals surface area (Å²) < 4.78 is 28.0. The third-order valence-corrected chi connectivity index (χ3v) is 9.32. The zero-order valence-electron chi connectivity index (χ0n) is 23.9. The fraction of sp³-hybridized carbons (Fsp3) is 0.121. The molecule has 0 fully saturated rings. The monoisotopic (exact) mass is 620 g/mol. The molecule has 3 aromatic carbocycles. The summed E-state index contributed by atoms with van der Waals surface area (Å²) in [6.45, 7) is 3.62. The number of aromatic nitrogens is 3. The molecule has 0 radical (unpaired) electrons. The molecular weight excluding hydrogens is 593 g/mol. The highest BCUT2D eigenvalue weighted by Gasteiger charge is 2.24. The van der Waals surface area contributed by atoms with Crippen LogP contribution in [0.25, 0.3) is 22.4 Å². The molecule has 0 bridgehead atoms. The minimum absolute atomic E-state index is 0.00366. The number of nitrogens with one attached hydrogen (secondary N) is 2. The molecule has 220 valence electrons. The summed E-state index contributed by atoms with van der Waals surface area (Å²) >= 11 is 1.23. The van der Waals surface area contributed by atoms with Gasteiger partial charge in [-0.05, 0) is 55.3 Å². The Morgan fingerprint density at radius 2 is 1.59 bits per heavy atom. The minimum atomic E-state index is -3.93. The van der Waals surface area contributed by atoms with Gasteiger partial charge in [0.15, 0.2) is 0 Å². The summed E-state index contributed by atoms with van der Waals surface area (Å²) in [6.07, 6.45) is 1.93. The molecule has 5 aromatic rings. The number of sulfonamides is 1. The highest BCUT2D eigenvalue weighted by atomic mass is 32.2. The first-order valence-electron chi connectivity index (χ1n) is 13.7. The van der Waals surface area contributed by atoms with E-state index in [-0.39, 0.29) is 16.8 Å². The third kappa shape index (κ3) is 7.11. The van der Waals surface area contributed by atoms with Gasteiger partial charge in [0.05, 0.1) is 21.4 Å². The van der Waals surface area contributed by atoms with Gasteiger partial charge < -0.3 is 5.32 Å². The van der Waals surface area contributed by atoms with Gasteiger partial charge in [0, 0.05) is 28.7 Å². The molecule has 2 aromatic heterocycles. The molecule has 1 unspecified atom stereocenters. The van der Waals surface area contributed by atoms with Crippen molar-refractivity contribution in [3.63, 3.8) is 0 Å². The molecule has 44 heavy (non-hydrogen) atoms. The van der Waals surface area contributed by atoms with Crippen LogP contribution in [0.5, 0.6) is 0 Å². The number of pyridine rings is 1. The zero-order valence-corrected chi connectivity index (χ0v) is 25.6. The Hall–Kier alpha value is -5.05.